The van der Waals surface area contributed by atoms with Gasteiger partial charge in [-0.2, -0.15) is 0 Å². The Kier molecular flexibility index (Phi) is 5.01. The van der Waals surface area contributed by atoms with Crippen LogP contribution in [0.1, 0.15) is 49.0 Å². The van der Waals surface area contributed by atoms with Gasteiger partial charge in [0.1, 0.15) is 0 Å². The maximum Gasteiger partial charge on any atom is 0.249 e. The van der Waals surface area contributed by atoms with Crippen molar-refractivity contribution in [2.24, 2.45) is 5.73 Å². The van der Waals surface area contributed by atoms with Crippen molar-refractivity contribution in [1.29, 1.82) is 0 Å². The van der Waals surface area contributed by atoms with Crippen molar-refractivity contribution in [3.05, 3.63) is 29.3 Å². The second-order valence-corrected chi connectivity index (χ2v) is 4.38. The first kappa shape index (κ1) is 13.6. The highest BCUT2D eigenvalue weighted by atomic mass is 16.1. The smallest absolute Gasteiger partial charge is 0.249 e. The zero-order chi connectivity index (χ0) is 12.8. The number of anilines is 1. The first-order chi connectivity index (χ1) is 8.10. The molecule has 0 radical (unpaired) electrons. The lowest BCUT2D eigenvalue weighted by atomic mass is 10.0. The van der Waals surface area contributed by atoms with E-state index in [2.05, 4.69) is 19.2 Å². The molecule has 0 aliphatic rings. The zero-order valence-electron chi connectivity index (χ0n) is 10.9. The highest BCUT2D eigenvalue weighted by molar-refractivity contribution is 5.95. The minimum absolute atomic E-state index is 0.366. The Balaban J connectivity index is 2.91. The molecular formula is C14H22N2O. The number of carbonyl (C=O) groups is 1. The molecule has 0 aliphatic heterocycles. The summed E-state index contributed by atoms with van der Waals surface area (Å²) in [6.07, 6.45) is 3.37. The van der Waals surface area contributed by atoms with Crippen LogP contribution in [-0.4, -0.2) is 11.9 Å². The zero-order valence-corrected chi connectivity index (χ0v) is 10.9. The number of hydrogen-bond donors (Lipinski definition) is 2. The van der Waals surface area contributed by atoms with Crippen LogP contribution < -0.4 is 11.1 Å². The van der Waals surface area contributed by atoms with Gasteiger partial charge in [0.15, 0.2) is 0 Å². The summed E-state index contributed by atoms with van der Waals surface area (Å²) in [7, 11) is 0. The molecule has 1 amide bonds. The Morgan fingerprint density at radius 2 is 2.12 bits per heavy atom. The quantitative estimate of drug-likeness (QED) is 0.794. The van der Waals surface area contributed by atoms with E-state index in [1.807, 2.05) is 19.1 Å². The van der Waals surface area contributed by atoms with Gasteiger partial charge >= 0.3 is 0 Å². The Bertz CT molecular complexity index is 388. The lowest BCUT2D eigenvalue weighted by Crippen LogP contribution is -2.20. The number of primary amides is 1. The normalized spacial score (nSPS) is 12.2. The maximum atomic E-state index is 11.2. The SMILES string of the molecule is CCCC(CC)Nc1cccc(C(N)=O)c1C. The molecule has 0 bridgehead atoms. The van der Waals surface area contributed by atoms with E-state index in [1.165, 1.54) is 0 Å². The monoisotopic (exact) mass is 234 g/mol. The first-order valence-electron chi connectivity index (χ1n) is 6.26. The highest BCUT2D eigenvalue weighted by Gasteiger charge is 2.11. The third-order valence-corrected chi connectivity index (χ3v) is 3.09. The average molecular weight is 234 g/mol. The van der Waals surface area contributed by atoms with Crippen LogP contribution in [-0.2, 0) is 0 Å². The third-order valence-electron chi connectivity index (χ3n) is 3.09. The fraction of sp³-hybridized carbons (Fsp3) is 0.500. The van der Waals surface area contributed by atoms with Gasteiger partial charge in [-0.05, 0) is 37.5 Å². The van der Waals surface area contributed by atoms with Gasteiger partial charge in [0.05, 0.1) is 0 Å². The molecule has 94 valence electrons. The lowest BCUT2D eigenvalue weighted by Gasteiger charge is -2.20. The summed E-state index contributed by atoms with van der Waals surface area (Å²) in [4.78, 5) is 11.2. The molecule has 1 aromatic carbocycles. The van der Waals surface area contributed by atoms with E-state index < -0.39 is 0 Å². The van der Waals surface area contributed by atoms with E-state index in [0.29, 0.717) is 11.6 Å². The molecule has 0 saturated heterocycles. The predicted molar refractivity (Wildman–Crippen MR) is 72.3 cm³/mol. The molecule has 3 N–H and O–H groups in total. The summed E-state index contributed by atoms with van der Waals surface area (Å²) >= 11 is 0. The van der Waals surface area contributed by atoms with Gasteiger partial charge in [-0.3, -0.25) is 4.79 Å². The molecular weight excluding hydrogens is 212 g/mol. The van der Waals surface area contributed by atoms with Crippen molar-refractivity contribution in [2.45, 2.75) is 46.1 Å². The van der Waals surface area contributed by atoms with Crippen molar-refractivity contribution in [3.8, 4) is 0 Å². The van der Waals surface area contributed by atoms with Crippen molar-refractivity contribution in [2.75, 3.05) is 5.32 Å². The summed E-state index contributed by atoms with van der Waals surface area (Å²) in [5, 5.41) is 3.49. The van der Waals surface area contributed by atoms with E-state index in [9.17, 15) is 4.79 Å². The summed E-state index contributed by atoms with van der Waals surface area (Å²) in [5.74, 6) is -0.366. The largest absolute Gasteiger partial charge is 0.382 e. The second kappa shape index (κ2) is 6.28. The van der Waals surface area contributed by atoms with E-state index in [0.717, 1.165) is 30.5 Å². The van der Waals surface area contributed by atoms with Crippen LogP contribution in [0.2, 0.25) is 0 Å². The lowest BCUT2D eigenvalue weighted by molar-refractivity contribution is 0.1000. The van der Waals surface area contributed by atoms with Gasteiger partial charge in [-0.15, -0.1) is 0 Å². The molecule has 0 aliphatic carbocycles. The average Bonchev–Trinajstić information content (AvgIpc) is 2.30. The molecule has 0 spiro atoms. The van der Waals surface area contributed by atoms with Gasteiger partial charge in [0.2, 0.25) is 5.91 Å². The molecule has 1 atom stereocenters. The first-order valence-corrected chi connectivity index (χ1v) is 6.26. The fourth-order valence-electron chi connectivity index (χ4n) is 2.01. The van der Waals surface area contributed by atoms with E-state index in [1.54, 1.807) is 6.07 Å². The third kappa shape index (κ3) is 3.48. The van der Waals surface area contributed by atoms with Crippen LogP contribution in [0.4, 0.5) is 5.69 Å². The molecule has 17 heavy (non-hydrogen) atoms. The molecule has 1 aromatic rings. The Labute approximate surface area is 103 Å². The molecule has 0 aromatic heterocycles. The minimum Gasteiger partial charge on any atom is -0.382 e. The second-order valence-electron chi connectivity index (χ2n) is 4.38. The number of rotatable bonds is 6. The summed E-state index contributed by atoms with van der Waals surface area (Å²) in [5.41, 5.74) is 7.89. The molecule has 0 heterocycles. The van der Waals surface area contributed by atoms with Gasteiger partial charge in [0, 0.05) is 17.3 Å². The summed E-state index contributed by atoms with van der Waals surface area (Å²) in [6.45, 7) is 6.28. The van der Waals surface area contributed by atoms with Crippen LogP contribution in [0.3, 0.4) is 0 Å². The number of hydrogen-bond acceptors (Lipinski definition) is 2. The Morgan fingerprint density at radius 1 is 1.41 bits per heavy atom. The van der Waals surface area contributed by atoms with Crippen molar-refractivity contribution >= 4 is 11.6 Å². The Morgan fingerprint density at radius 3 is 2.65 bits per heavy atom. The number of nitrogens with one attached hydrogen (secondary N) is 1. The van der Waals surface area contributed by atoms with Gasteiger partial charge in [-0.25, -0.2) is 0 Å². The maximum absolute atomic E-state index is 11.2. The standard InChI is InChI=1S/C14H22N2O/c1-4-7-11(5-2)16-13-9-6-8-12(10(13)3)14(15)17/h6,8-9,11,16H,4-5,7H2,1-3H3,(H2,15,17). The van der Waals surface area contributed by atoms with Gasteiger partial charge in [0.25, 0.3) is 0 Å². The number of nitrogens with two attached hydrogens (primary N) is 1. The molecule has 0 fully saturated rings. The number of benzene rings is 1. The van der Waals surface area contributed by atoms with Gasteiger partial charge < -0.3 is 11.1 Å². The van der Waals surface area contributed by atoms with Crippen LogP contribution >= 0.6 is 0 Å². The van der Waals surface area contributed by atoms with Crippen LogP contribution in [0.25, 0.3) is 0 Å². The van der Waals surface area contributed by atoms with Crippen LogP contribution in [0.15, 0.2) is 18.2 Å². The summed E-state index contributed by atoms with van der Waals surface area (Å²) < 4.78 is 0. The van der Waals surface area contributed by atoms with E-state index in [-0.39, 0.29) is 5.91 Å². The van der Waals surface area contributed by atoms with Crippen molar-refractivity contribution in [1.82, 2.24) is 0 Å². The molecule has 3 nitrogen and oxygen atoms in total. The highest BCUT2D eigenvalue weighted by Crippen LogP contribution is 2.21. The molecule has 1 unspecified atom stereocenters. The fourth-order valence-corrected chi connectivity index (χ4v) is 2.01. The van der Waals surface area contributed by atoms with Crippen LogP contribution in [0, 0.1) is 6.92 Å². The minimum atomic E-state index is -0.366. The van der Waals surface area contributed by atoms with Crippen LogP contribution in [0.5, 0.6) is 0 Å². The Hall–Kier alpha value is -1.51. The molecule has 3 heteroatoms. The van der Waals surface area contributed by atoms with E-state index in [4.69, 9.17) is 5.73 Å². The topological polar surface area (TPSA) is 55.1 Å². The predicted octanol–water partition coefficient (Wildman–Crippen LogP) is 3.08. The van der Waals surface area contributed by atoms with Crippen molar-refractivity contribution in [3.63, 3.8) is 0 Å². The molecule has 1 rings (SSSR count). The molecule has 0 saturated carbocycles. The summed E-state index contributed by atoms with van der Waals surface area (Å²) in [6, 6.07) is 6.10. The van der Waals surface area contributed by atoms with E-state index >= 15 is 0 Å². The number of carbonyl (C=O) groups excluding carboxylic acids is 1. The van der Waals surface area contributed by atoms with Gasteiger partial charge in [-0.1, -0.05) is 26.3 Å². The van der Waals surface area contributed by atoms with Crippen molar-refractivity contribution < 1.29 is 4.79 Å². The number of amides is 1.